The first-order chi connectivity index (χ1) is 14.1. The minimum atomic E-state index is 0. The Bertz CT molecular complexity index is 854. The van der Waals surface area contributed by atoms with E-state index in [0.29, 0.717) is 31.4 Å². The van der Waals surface area contributed by atoms with E-state index in [-0.39, 0.29) is 35.8 Å². The van der Waals surface area contributed by atoms with E-state index in [4.69, 9.17) is 14.2 Å². The summed E-state index contributed by atoms with van der Waals surface area (Å²) in [5.74, 6) is 2.40. The van der Waals surface area contributed by atoms with Crippen LogP contribution in [0.4, 0.5) is 0 Å². The van der Waals surface area contributed by atoms with Gasteiger partial charge in [-0.05, 0) is 36.8 Å². The lowest BCUT2D eigenvalue weighted by Gasteiger charge is -2.18. The third-order valence-electron chi connectivity index (χ3n) is 4.81. The molecule has 0 aromatic heterocycles. The molecule has 3 N–H and O–H groups in total. The standard InChI is InChI=1S/C22H29N3O4.HI/c1-15-4-5-16(21(10-15)29-19-8-9-28-14-19)12-24-22(23-2)25-13-17-11-18(27-3)6-7-20(17)26;/h4-7,10-11,19,26H,8-9,12-14H2,1-3H3,(H2,23,24,25);1H. The van der Waals surface area contributed by atoms with Crippen molar-refractivity contribution < 1.29 is 19.3 Å². The number of nitrogens with one attached hydrogen (secondary N) is 2. The number of aliphatic imine (C=N–C) groups is 1. The van der Waals surface area contributed by atoms with E-state index in [0.717, 1.165) is 35.5 Å². The van der Waals surface area contributed by atoms with Crippen molar-refractivity contribution in [3.63, 3.8) is 0 Å². The van der Waals surface area contributed by atoms with Crippen molar-refractivity contribution in [2.75, 3.05) is 27.4 Å². The van der Waals surface area contributed by atoms with Gasteiger partial charge in [-0.1, -0.05) is 12.1 Å². The van der Waals surface area contributed by atoms with Gasteiger partial charge in [0.2, 0.25) is 0 Å². The van der Waals surface area contributed by atoms with E-state index < -0.39 is 0 Å². The van der Waals surface area contributed by atoms with Crippen LogP contribution in [0.5, 0.6) is 17.2 Å². The van der Waals surface area contributed by atoms with Gasteiger partial charge in [0.25, 0.3) is 0 Å². The van der Waals surface area contributed by atoms with Crippen LogP contribution in [0.1, 0.15) is 23.1 Å². The summed E-state index contributed by atoms with van der Waals surface area (Å²) in [4.78, 5) is 4.26. The number of halogens is 1. The maximum Gasteiger partial charge on any atom is 0.191 e. The Balaban J connectivity index is 0.00000320. The highest BCUT2D eigenvalue weighted by atomic mass is 127. The van der Waals surface area contributed by atoms with Gasteiger partial charge in [-0.2, -0.15) is 0 Å². The highest BCUT2D eigenvalue weighted by Gasteiger charge is 2.18. The highest BCUT2D eigenvalue weighted by Crippen LogP contribution is 2.24. The third kappa shape index (κ3) is 6.66. The summed E-state index contributed by atoms with van der Waals surface area (Å²) in [5, 5.41) is 16.6. The molecular weight excluding hydrogens is 497 g/mol. The summed E-state index contributed by atoms with van der Waals surface area (Å²) >= 11 is 0. The Morgan fingerprint density at radius 3 is 2.60 bits per heavy atom. The summed E-state index contributed by atoms with van der Waals surface area (Å²) in [7, 11) is 3.31. The molecule has 0 bridgehead atoms. The molecule has 0 spiro atoms. The fraction of sp³-hybridized carbons (Fsp3) is 0.409. The van der Waals surface area contributed by atoms with Crippen LogP contribution in [0.2, 0.25) is 0 Å². The van der Waals surface area contributed by atoms with E-state index in [1.165, 1.54) is 0 Å². The molecule has 0 amide bonds. The van der Waals surface area contributed by atoms with Gasteiger partial charge in [-0.15, -0.1) is 24.0 Å². The van der Waals surface area contributed by atoms with Crippen molar-refractivity contribution in [1.29, 1.82) is 0 Å². The molecule has 0 aliphatic carbocycles. The molecular formula is C22H30IN3O4. The number of methoxy groups -OCH3 is 1. The van der Waals surface area contributed by atoms with E-state index in [1.54, 1.807) is 32.4 Å². The van der Waals surface area contributed by atoms with E-state index in [2.05, 4.69) is 40.7 Å². The summed E-state index contributed by atoms with van der Waals surface area (Å²) < 4.78 is 16.8. The summed E-state index contributed by atoms with van der Waals surface area (Å²) in [5.41, 5.74) is 2.93. The Morgan fingerprint density at radius 1 is 1.17 bits per heavy atom. The van der Waals surface area contributed by atoms with Crippen LogP contribution in [0.15, 0.2) is 41.4 Å². The first-order valence-electron chi connectivity index (χ1n) is 9.73. The van der Waals surface area contributed by atoms with Crippen molar-refractivity contribution in [3.8, 4) is 17.2 Å². The van der Waals surface area contributed by atoms with Gasteiger partial charge < -0.3 is 30.0 Å². The highest BCUT2D eigenvalue weighted by molar-refractivity contribution is 14.0. The van der Waals surface area contributed by atoms with Gasteiger partial charge in [-0.3, -0.25) is 4.99 Å². The Hall–Kier alpha value is -2.20. The van der Waals surface area contributed by atoms with Crippen molar-refractivity contribution in [2.24, 2.45) is 4.99 Å². The quantitative estimate of drug-likeness (QED) is 0.291. The van der Waals surface area contributed by atoms with Crippen molar-refractivity contribution in [1.82, 2.24) is 10.6 Å². The molecule has 0 saturated carbocycles. The zero-order valence-corrected chi connectivity index (χ0v) is 19.9. The average molecular weight is 527 g/mol. The fourth-order valence-corrected chi connectivity index (χ4v) is 3.11. The molecule has 7 nitrogen and oxygen atoms in total. The summed E-state index contributed by atoms with van der Waals surface area (Å²) in [6.07, 6.45) is 1.01. The molecule has 2 aromatic rings. The second-order valence-corrected chi connectivity index (χ2v) is 6.99. The maximum atomic E-state index is 10.0. The maximum absolute atomic E-state index is 10.0. The molecule has 1 heterocycles. The second-order valence-electron chi connectivity index (χ2n) is 6.99. The number of ether oxygens (including phenoxy) is 3. The Morgan fingerprint density at radius 2 is 1.93 bits per heavy atom. The number of rotatable bonds is 7. The van der Waals surface area contributed by atoms with Gasteiger partial charge in [0.15, 0.2) is 5.96 Å². The topological polar surface area (TPSA) is 84.3 Å². The van der Waals surface area contributed by atoms with Crippen LogP contribution in [-0.4, -0.2) is 44.5 Å². The number of hydrogen-bond donors (Lipinski definition) is 3. The third-order valence-corrected chi connectivity index (χ3v) is 4.81. The van der Waals surface area contributed by atoms with Crippen LogP contribution in [0.3, 0.4) is 0 Å². The predicted molar refractivity (Wildman–Crippen MR) is 128 cm³/mol. The van der Waals surface area contributed by atoms with Crippen LogP contribution in [0.25, 0.3) is 0 Å². The molecule has 1 fully saturated rings. The molecule has 1 aliphatic rings. The number of guanidine groups is 1. The number of benzene rings is 2. The molecule has 2 aromatic carbocycles. The number of hydrogen-bond acceptors (Lipinski definition) is 5. The zero-order chi connectivity index (χ0) is 20.6. The van der Waals surface area contributed by atoms with Gasteiger partial charge in [0, 0.05) is 37.7 Å². The first-order valence-corrected chi connectivity index (χ1v) is 9.73. The molecule has 1 aliphatic heterocycles. The van der Waals surface area contributed by atoms with Crippen molar-refractivity contribution in [3.05, 3.63) is 53.1 Å². The molecule has 8 heteroatoms. The Labute approximate surface area is 194 Å². The number of nitrogens with zero attached hydrogens (tertiary/aromatic N) is 1. The lowest BCUT2D eigenvalue weighted by Crippen LogP contribution is -2.36. The molecule has 164 valence electrons. The molecule has 1 unspecified atom stereocenters. The van der Waals surface area contributed by atoms with Crippen LogP contribution in [-0.2, 0) is 17.8 Å². The number of aromatic hydroxyl groups is 1. The van der Waals surface area contributed by atoms with Crippen LogP contribution >= 0.6 is 24.0 Å². The second kappa shape index (κ2) is 11.8. The molecule has 1 saturated heterocycles. The van der Waals surface area contributed by atoms with Gasteiger partial charge >= 0.3 is 0 Å². The van der Waals surface area contributed by atoms with E-state index in [1.807, 2.05) is 0 Å². The lowest BCUT2D eigenvalue weighted by atomic mass is 10.1. The number of phenols is 1. The number of aryl methyl sites for hydroxylation is 1. The van der Waals surface area contributed by atoms with Crippen molar-refractivity contribution >= 4 is 29.9 Å². The summed E-state index contributed by atoms with van der Waals surface area (Å²) in [6, 6.07) is 11.3. The fourth-order valence-electron chi connectivity index (χ4n) is 3.11. The molecule has 3 rings (SSSR count). The SMILES string of the molecule is CN=C(NCc1cc(OC)ccc1O)NCc1ccc(C)cc1OC1CCOC1.I. The average Bonchev–Trinajstić information content (AvgIpc) is 3.23. The van der Waals surface area contributed by atoms with Gasteiger partial charge in [0.05, 0.1) is 20.3 Å². The smallest absolute Gasteiger partial charge is 0.191 e. The monoisotopic (exact) mass is 527 g/mol. The minimum Gasteiger partial charge on any atom is -0.508 e. The Kier molecular flexibility index (Phi) is 9.51. The van der Waals surface area contributed by atoms with Gasteiger partial charge in [-0.25, -0.2) is 0 Å². The minimum absolute atomic E-state index is 0. The van der Waals surface area contributed by atoms with Crippen LogP contribution in [0, 0.1) is 6.92 Å². The van der Waals surface area contributed by atoms with Crippen LogP contribution < -0.4 is 20.1 Å². The normalized spacial score (nSPS) is 16.0. The number of phenolic OH excluding ortho intramolecular Hbond substituents is 1. The molecule has 0 radical (unpaired) electrons. The van der Waals surface area contributed by atoms with E-state index >= 15 is 0 Å². The molecule has 1 atom stereocenters. The van der Waals surface area contributed by atoms with E-state index in [9.17, 15) is 5.11 Å². The van der Waals surface area contributed by atoms with Gasteiger partial charge in [0.1, 0.15) is 23.4 Å². The first kappa shape index (κ1) is 24.1. The van der Waals surface area contributed by atoms with Crippen molar-refractivity contribution in [2.45, 2.75) is 32.5 Å². The lowest BCUT2D eigenvalue weighted by molar-refractivity contribution is 0.140. The predicted octanol–water partition coefficient (Wildman–Crippen LogP) is 3.36. The molecule has 30 heavy (non-hydrogen) atoms. The zero-order valence-electron chi connectivity index (χ0n) is 17.6. The largest absolute Gasteiger partial charge is 0.508 e. The summed E-state index contributed by atoms with van der Waals surface area (Å²) in [6.45, 7) is 4.41.